The summed E-state index contributed by atoms with van der Waals surface area (Å²) in [6.45, 7) is 0.213. The molecule has 1 atom stereocenters. The molecule has 0 fully saturated rings. The van der Waals surface area contributed by atoms with Crippen LogP contribution in [0.15, 0.2) is 107 Å². The van der Waals surface area contributed by atoms with E-state index in [1.54, 1.807) is 41.3 Å². The van der Waals surface area contributed by atoms with Crippen LogP contribution < -0.4 is 37.3 Å². The van der Waals surface area contributed by atoms with Crippen molar-refractivity contribution in [2.75, 3.05) is 55.0 Å². The Morgan fingerprint density at radius 1 is 0.676 bits per heavy atom. The molecule has 0 radical (unpaired) electrons. The molecule has 0 bridgehead atoms. The van der Waals surface area contributed by atoms with E-state index in [4.69, 9.17) is 31.9 Å². The fourth-order valence-corrected chi connectivity index (χ4v) is 8.71. The second kappa shape index (κ2) is 31.3. The summed E-state index contributed by atoms with van der Waals surface area (Å²) in [5, 5.41) is 17.8. The van der Waals surface area contributed by atoms with Crippen molar-refractivity contribution in [3.05, 3.63) is 125 Å². The molecule has 4 aromatic rings. The number of benzene rings is 4. The molecule has 8 N–H and O–H groups in total. The number of carbonyl (C=O) groups is 6. The Hall–Kier alpha value is -6.44. The third kappa shape index (κ3) is 20.8. The van der Waals surface area contributed by atoms with Gasteiger partial charge >= 0.3 is 6.09 Å². The van der Waals surface area contributed by atoms with Gasteiger partial charge in [0.05, 0.1) is 37.6 Å². The largest absolute Gasteiger partial charge is 0.445 e. The first kappa shape index (κ1) is 58.4. The van der Waals surface area contributed by atoms with Crippen molar-refractivity contribution in [3.63, 3.8) is 0 Å². The molecule has 1 heterocycles. The number of aliphatic imine (C=N–C) groups is 1. The summed E-state index contributed by atoms with van der Waals surface area (Å²) in [4.78, 5) is 92.5. The summed E-state index contributed by atoms with van der Waals surface area (Å²) in [5.74, 6) is 5.33. The van der Waals surface area contributed by atoms with Crippen molar-refractivity contribution in [2.45, 2.75) is 96.0 Å². The van der Waals surface area contributed by atoms with Crippen molar-refractivity contribution in [2.24, 2.45) is 15.9 Å². The zero-order chi connectivity index (χ0) is 53.1. The zero-order valence-electron chi connectivity index (χ0n) is 41.8. The number of hydrazone groups is 1. The van der Waals surface area contributed by atoms with Crippen LogP contribution in [-0.2, 0) is 63.9 Å². The molecule has 0 spiro atoms. The van der Waals surface area contributed by atoms with Crippen molar-refractivity contribution in [1.82, 2.24) is 16.0 Å². The first-order valence-corrected chi connectivity index (χ1v) is 28.6. The Kier molecular flexibility index (Phi) is 24.7. The van der Waals surface area contributed by atoms with E-state index < -0.39 is 18.5 Å². The van der Waals surface area contributed by atoms with Crippen LogP contribution in [-0.4, -0.2) is 91.4 Å². The van der Waals surface area contributed by atoms with Crippen LogP contribution in [0, 0.1) is 0 Å². The van der Waals surface area contributed by atoms with E-state index in [1.807, 2.05) is 60.7 Å². The molecule has 6 amide bonds. The standard InChI is InChI=1S/C53H68N9O9PS2/c1-72(69,74)71-32-14-3-2-12-31-56-53(68)70-36-38-22-26-41(27-23-38)59-48(65)34-58-47(64)20-10-11-21-50(67)62-35-40-15-6-7-16-43(40)51(52(61-54)44-17-8-9-18-45(44)62)55-30-13-4-5-19-46(63)57-33-49(66)60-42-28-24-39(37-73)25-29-42/h6-9,15-18,22-29,73H,2-5,10-14,19-21,30-37,54H2,1H3,(H,56,68)(H,57,63)(H,58,64)(H,59,65)(H,60,66)(H,69,74). The van der Waals surface area contributed by atoms with E-state index in [0.29, 0.717) is 85.2 Å². The van der Waals surface area contributed by atoms with Crippen molar-refractivity contribution < 1.29 is 42.9 Å². The van der Waals surface area contributed by atoms with E-state index in [0.717, 1.165) is 54.4 Å². The average molecular weight is 1070 g/mol. The van der Waals surface area contributed by atoms with Gasteiger partial charge in [0.15, 0.2) is 6.49 Å². The smallest absolute Gasteiger partial charge is 0.407 e. The van der Waals surface area contributed by atoms with Gasteiger partial charge in [-0.1, -0.05) is 86.0 Å². The maximum Gasteiger partial charge on any atom is 0.407 e. The summed E-state index contributed by atoms with van der Waals surface area (Å²) < 4.78 is 10.5. The highest BCUT2D eigenvalue weighted by Gasteiger charge is 2.29. The van der Waals surface area contributed by atoms with E-state index in [2.05, 4.69) is 44.3 Å². The van der Waals surface area contributed by atoms with Crippen molar-refractivity contribution in [1.29, 1.82) is 0 Å². The van der Waals surface area contributed by atoms with E-state index >= 15 is 0 Å². The Balaban J connectivity index is 1.01. The van der Waals surface area contributed by atoms with Gasteiger partial charge in [-0.2, -0.15) is 17.7 Å². The van der Waals surface area contributed by atoms with Gasteiger partial charge < -0.3 is 51.5 Å². The number of hydrogen-bond donors (Lipinski definition) is 8. The molecule has 74 heavy (non-hydrogen) atoms. The first-order valence-electron chi connectivity index (χ1n) is 24.8. The molecule has 1 aliphatic heterocycles. The van der Waals surface area contributed by atoms with Gasteiger partial charge in [-0.25, -0.2) is 4.79 Å². The van der Waals surface area contributed by atoms with Crippen LogP contribution in [0.1, 0.15) is 105 Å². The number of amides is 6. The highest BCUT2D eigenvalue weighted by atomic mass is 32.5. The Labute approximate surface area is 443 Å². The number of hydrogen-bond acceptors (Lipinski definition) is 13. The zero-order valence-corrected chi connectivity index (χ0v) is 44.4. The summed E-state index contributed by atoms with van der Waals surface area (Å²) in [6, 6.07) is 29.3. The Morgan fingerprint density at radius 3 is 1.88 bits per heavy atom. The molecule has 0 aromatic heterocycles. The minimum atomic E-state index is -2.62. The lowest BCUT2D eigenvalue weighted by Gasteiger charge is -2.30. The van der Waals surface area contributed by atoms with E-state index in [9.17, 15) is 33.7 Å². The number of para-hydroxylation sites is 1. The summed E-state index contributed by atoms with van der Waals surface area (Å²) in [7, 11) is 0. The van der Waals surface area contributed by atoms with E-state index in [-0.39, 0.29) is 69.1 Å². The lowest BCUT2D eigenvalue weighted by molar-refractivity contribution is -0.124. The van der Waals surface area contributed by atoms with Gasteiger partial charge in [-0.05, 0) is 97.4 Å². The van der Waals surface area contributed by atoms with Gasteiger partial charge in [0.1, 0.15) is 12.3 Å². The fourth-order valence-electron chi connectivity index (χ4n) is 7.81. The van der Waals surface area contributed by atoms with Crippen LogP contribution in [0.3, 0.4) is 0 Å². The second-order valence-corrected chi connectivity index (χ2v) is 21.8. The molecule has 1 unspecified atom stereocenters. The summed E-state index contributed by atoms with van der Waals surface area (Å²) in [5.41, 5.74) is 6.92. The third-order valence-electron chi connectivity index (χ3n) is 11.7. The number of nitrogens with one attached hydrogen (secondary N) is 5. The minimum absolute atomic E-state index is 0.0533. The molecule has 21 heteroatoms. The molecule has 0 aliphatic carbocycles. The summed E-state index contributed by atoms with van der Waals surface area (Å²) in [6.07, 6.45) is 6.28. The highest BCUT2D eigenvalue weighted by molar-refractivity contribution is 8.09. The monoisotopic (exact) mass is 1070 g/mol. The number of rotatable bonds is 28. The second-order valence-electron chi connectivity index (χ2n) is 17.6. The molecule has 1 aliphatic rings. The number of anilines is 3. The molecule has 0 saturated carbocycles. The number of alkyl carbamates (subject to hydrolysis) is 1. The average Bonchev–Trinajstić information content (AvgIpc) is 3.38. The van der Waals surface area contributed by atoms with Crippen LogP contribution in [0.25, 0.3) is 0 Å². The predicted molar refractivity (Wildman–Crippen MR) is 297 cm³/mol. The fraction of sp³-hybridized carbons (Fsp3) is 0.396. The van der Waals surface area contributed by atoms with Crippen molar-refractivity contribution in [3.8, 4) is 0 Å². The van der Waals surface area contributed by atoms with Gasteiger partial charge in [0.2, 0.25) is 29.5 Å². The normalized spacial score (nSPS) is 13.9. The minimum Gasteiger partial charge on any atom is -0.445 e. The van der Waals surface area contributed by atoms with Crippen LogP contribution in [0.2, 0.25) is 0 Å². The quantitative estimate of drug-likeness (QED) is 0.00910. The lowest BCUT2D eigenvalue weighted by Crippen LogP contribution is -2.36. The molecule has 0 saturated heterocycles. The number of unbranched alkanes of at least 4 members (excludes halogenated alkanes) is 6. The highest BCUT2D eigenvalue weighted by Crippen LogP contribution is 2.37. The molecule has 18 nitrogen and oxygen atoms in total. The van der Waals surface area contributed by atoms with E-state index in [1.165, 1.54) is 6.66 Å². The lowest BCUT2D eigenvalue weighted by atomic mass is 9.91. The number of nitrogens with zero attached hydrogens (tertiary/aromatic N) is 3. The van der Waals surface area contributed by atoms with Crippen LogP contribution in [0.4, 0.5) is 21.9 Å². The molecule has 5 rings (SSSR count). The molecule has 4 aromatic carbocycles. The third-order valence-corrected chi connectivity index (χ3v) is 13.0. The maximum absolute atomic E-state index is 14.0. The summed E-state index contributed by atoms with van der Waals surface area (Å²) >= 11 is 9.09. The topological polar surface area (TPSA) is 255 Å². The molecular weight excluding hydrogens is 1000 g/mol. The molecule has 396 valence electrons. The maximum atomic E-state index is 14.0. The number of ether oxygens (including phenoxy) is 1. The SMILES string of the molecule is CP(O)(=S)OCCCCCCNC(=O)OCc1ccc(NC(=O)CNC(=O)CCCCC(=O)N2Cc3ccccc3C(=NCCCCCC(=O)NCC(=O)Nc3ccc(CS)cc3)C(=NN)c3ccccc32)cc1. The van der Waals surface area contributed by atoms with Crippen LogP contribution >= 0.6 is 19.1 Å². The number of thiol groups is 1. The van der Waals surface area contributed by atoms with Gasteiger partial charge in [-0.3, -0.25) is 29.0 Å². The number of carbonyl (C=O) groups excluding carboxylic acids is 6. The molecular formula is C53H68N9O9PS2. The predicted octanol–water partition coefficient (Wildman–Crippen LogP) is 7.48. The van der Waals surface area contributed by atoms with Crippen molar-refractivity contribution >= 4 is 95.0 Å². The Bertz CT molecular complexity index is 2630. The number of nitrogens with two attached hydrogens (primary N) is 1. The van der Waals surface area contributed by atoms with Gasteiger partial charge in [-0.15, -0.1) is 0 Å². The van der Waals surface area contributed by atoms with Gasteiger partial charge in [0, 0.05) is 67.3 Å². The first-order chi connectivity index (χ1) is 35.7. The number of fused-ring (bicyclic) bond motifs is 2. The van der Waals surface area contributed by atoms with Gasteiger partial charge in [0.25, 0.3) is 0 Å². The van der Waals surface area contributed by atoms with Crippen LogP contribution in [0.5, 0.6) is 0 Å². The Morgan fingerprint density at radius 2 is 1.24 bits per heavy atom.